The van der Waals surface area contributed by atoms with E-state index in [9.17, 15) is 4.79 Å². The van der Waals surface area contributed by atoms with E-state index in [-0.39, 0.29) is 17.9 Å². The van der Waals surface area contributed by atoms with Crippen LogP contribution in [0.3, 0.4) is 0 Å². The van der Waals surface area contributed by atoms with Gasteiger partial charge in [-0.3, -0.25) is 9.69 Å². The van der Waals surface area contributed by atoms with Gasteiger partial charge in [-0.25, -0.2) is 0 Å². The molecule has 0 spiro atoms. The fourth-order valence-electron chi connectivity index (χ4n) is 4.15. The zero-order valence-corrected chi connectivity index (χ0v) is 15.3. The fraction of sp³-hybridized carbons (Fsp3) is 0.381. The summed E-state index contributed by atoms with van der Waals surface area (Å²) in [6, 6.07) is 19.1. The van der Waals surface area contributed by atoms with Crippen LogP contribution in [0.1, 0.15) is 54.1 Å². The number of Topliss-reactive ketones (excluding diaryl/α,β-unsaturated/α-hetero) is 1. The Balaban J connectivity index is 1.61. The van der Waals surface area contributed by atoms with Crippen molar-refractivity contribution in [1.29, 1.82) is 0 Å². The molecule has 1 saturated carbocycles. The first-order chi connectivity index (χ1) is 11.8. The minimum Gasteiger partial charge on any atom is -0.292 e. The van der Waals surface area contributed by atoms with Gasteiger partial charge in [0.2, 0.25) is 0 Å². The van der Waals surface area contributed by atoms with E-state index in [0.29, 0.717) is 6.04 Å². The smallest absolute Gasteiger partial charge is 0.181 e. The lowest BCUT2D eigenvalue weighted by Crippen LogP contribution is -2.26. The number of benzene rings is 2. The summed E-state index contributed by atoms with van der Waals surface area (Å²) in [4.78, 5) is 15.6. The van der Waals surface area contributed by atoms with Crippen molar-refractivity contribution < 1.29 is 4.79 Å². The Hall–Kier alpha value is -1.45. The number of rotatable bonds is 4. The number of carbonyl (C=O) groups excluding carboxylic acids is 1. The van der Waals surface area contributed by atoms with E-state index < -0.39 is 0 Å². The molecule has 3 atom stereocenters. The molecule has 0 aromatic heterocycles. The molecule has 2 fully saturated rings. The Labute approximate surface area is 152 Å². The Bertz CT molecular complexity index is 706. The normalized spacial score (nSPS) is 27.0. The van der Waals surface area contributed by atoms with Gasteiger partial charge in [0.25, 0.3) is 0 Å². The van der Waals surface area contributed by atoms with Crippen molar-refractivity contribution in [3.8, 4) is 0 Å². The van der Waals surface area contributed by atoms with E-state index >= 15 is 0 Å². The number of halogens is 1. The molecule has 0 N–H and O–H groups in total. The minimum absolute atomic E-state index is 0.0108. The zero-order valence-electron chi connectivity index (χ0n) is 13.7. The van der Waals surface area contributed by atoms with Gasteiger partial charge < -0.3 is 0 Å². The number of ketones is 1. The molecule has 124 valence electrons. The van der Waals surface area contributed by atoms with Crippen molar-refractivity contribution in [2.24, 2.45) is 0 Å². The third kappa shape index (κ3) is 3.07. The molecule has 1 saturated heterocycles. The van der Waals surface area contributed by atoms with Gasteiger partial charge in [0.05, 0.1) is 12.1 Å². The molecule has 24 heavy (non-hydrogen) atoms. The number of hydrogen-bond acceptors (Lipinski definition) is 2. The van der Waals surface area contributed by atoms with Crippen LogP contribution in [0.5, 0.6) is 0 Å². The Morgan fingerprint density at radius 1 is 0.917 bits per heavy atom. The van der Waals surface area contributed by atoms with E-state index in [2.05, 4.69) is 45.1 Å². The summed E-state index contributed by atoms with van der Waals surface area (Å²) in [7, 11) is 0. The number of hydrogen-bond donors (Lipinski definition) is 0. The highest BCUT2D eigenvalue weighted by molar-refractivity contribution is 9.10. The molecule has 1 heterocycles. The van der Waals surface area contributed by atoms with Gasteiger partial charge in [0.15, 0.2) is 5.78 Å². The molecule has 0 amide bonds. The van der Waals surface area contributed by atoms with Crippen LogP contribution in [-0.4, -0.2) is 22.8 Å². The van der Waals surface area contributed by atoms with Gasteiger partial charge in [-0.2, -0.15) is 0 Å². The first-order valence-corrected chi connectivity index (χ1v) is 9.67. The molecule has 0 bridgehead atoms. The zero-order chi connectivity index (χ0) is 16.5. The van der Waals surface area contributed by atoms with Crippen LogP contribution in [0.15, 0.2) is 59.1 Å². The lowest BCUT2D eigenvalue weighted by molar-refractivity contribution is 0.0963. The van der Waals surface area contributed by atoms with Crippen LogP contribution >= 0.6 is 15.9 Å². The molecule has 2 aromatic carbocycles. The maximum Gasteiger partial charge on any atom is 0.181 e. The van der Waals surface area contributed by atoms with Crippen molar-refractivity contribution in [3.05, 3.63) is 70.2 Å². The van der Waals surface area contributed by atoms with E-state index in [1.54, 1.807) is 0 Å². The van der Waals surface area contributed by atoms with Gasteiger partial charge in [0, 0.05) is 16.1 Å². The molecule has 3 heteroatoms. The number of nitrogens with zero attached hydrogens (tertiary/aromatic N) is 1. The van der Waals surface area contributed by atoms with E-state index in [1.165, 1.54) is 37.7 Å². The van der Waals surface area contributed by atoms with Gasteiger partial charge in [-0.1, -0.05) is 77.7 Å². The molecule has 4 rings (SSSR count). The molecule has 1 unspecified atom stereocenters. The van der Waals surface area contributed by atoms with Crippen LogP contribution < -0.4 is 0 Å². The average molecular weight is 384 g/mol. The summed E-state index contributed by atoms with van der Waals surface area (Å²) in [6.07, 6.45) is 6.39. The second-order valence-electron chi connectivity index (χ2n) is 6.91. The summed E-state index contributed by atoms with van der Waals surface area (Å²) < 4.78 is 1.01. The first-order valence-electron chi connectivity index (χ1n) is 8.88. The standard InChI is InChI=1S/C21H22BrNO/c22-17-13-11-16(12-14-17)21(24)20-19(15-7-3-1-4-8-15)23(20)18-9-5-2-6-10-18/h1,3-4,7-8,11-14,18-20H,2,5-6,9-10H2/t19-,20+,23?/m1/s1. The van der Waals surface area contributed by atoms with Gasteiger partial charge in [0.1, 0.15) is 0 Å². The molecule has 1 aliphatic heterocycles. The monoisotopic (exact) mass is 383 g/mol. The third-order valence-corrected chi connectivity index (χ3v) is 5.92. The molecule has 0 radical (unpaired) electrons. The quantitative estimate of drug-likeness (QED) is 0.520. The van der Waals surface area contributed by atoms with Crippen LogP contribution in [0, 0.1) is 0 Å². The lowest BCUT2D eigenvalue weighted by atomic mass is 9.95. The molecule has 2 aliphatic rings. The topological polar surface area (TPSA) is 20.1 Å². The van der Waals surface area contributed by atoms with Crippen molar-refractivity contribution in [1.82, 2.24) is 4.90 Å². The molecule has 2 aromatic rings. The highest BCUT2D eigenvalue weighted by Crippen LogP contribution is 2.49. The average Bonchev–Trinajstić information content (AvgIpc) is 3.39. The van der Waals surface area contributed by atoms with Crippen molar-refractivity contribution in [2.75, 3.05) is 0 Å². The van der Waals surface area contributed by atoms with E-state index in [1.807, 2.05) is 30.3 Å². The third-order valence-electron chi connectivity index (χ3n) is 5.39. The SMILES string of the molecule is O=C(c1ccc(Br)cc1)[C@@H]1[C@@H](c2ccccc2)N1C1CCCCC1. The van der Waals surface area contributed by atoms with Gasteiger partial charge in [-0.05, 0) is 30.5 Å². The van der Waals surface area contributed by atoms with E-state index in [0.717, 1.165) is 10.0 Å². The van der Waals surface area contributed by atoms with Crippen molar-refractivity contribution >= 4 is 21.7 Å². The maximum absolute atomic E-state index is 13.1. The molecule has 1 aliphatic carbocycles. The predicted molar refractivity (Wildman–Crippen MR) is 100 cm³/mol. The lowest BCUT2D eigenvalue weighted by Gasteiger charge is -2.24. The fourth-order valence-corrected chi connectivity index (χ4v) is 4.41. The van der Waals surface area contributed by atoms with Crippen LogP contribution in [-0.2, 0) is 0 Å². The minimum atomic E-state index is 0.0108. The molecular weight excluding hydrogens is 362 g/mol. The van der Waals surface area contributed by atoms with Gasteiger partial charge >= 0.3 is 0 Å². The van der Waals surface area contributed by atoms with Crippen LogP contribution in [0.25, 0.3) is 0 Å². The summed E-state index contributed by atoms with van der Waals surface area (Å²) in [5.74, 6) is 0.266. The summed E-state index contributed by atoms with van der Waals surface area (Å²) in [5.41, 5.74) is 2.10. The second kappa shape index (κ2) is 6.81. The highest BCUT2D eigenvalue weighted by Gasteiger charge is 2.55. The molecular formula is C21H22BrNO. The van der Waals surface area contributed by atoms with Crippen LogP contribution in [0.4, 0.5) is 0 Å². The summed E-state index contributed by atoms with van der Waals surface area (Å²) in [6.45, 7) is 0. The number of carbonyl (C=O) groups is 1. The summed E-state index contributed by atoms with van der Waals surface area (Å²) >= 11 is 3.45. The Morgan fingerprint density at radius 3 is 2.25 bits per heavy atom. The largest absolute Gasteiger partial charge is 0.292 e. The van der Waals surface area contributed by atoms with Crippen LogP contribution in [0.2, 0.25) is 0 Å². The Morgan fingerprint density at radius 2 is 1.58 bits per heavy atom. The van der Waals surface area contributed by atoms with E-state index in [4.69, 9.17) is 0 Å². The second-order valence-corrected chi connectivity index (χ2v) is 7.83. The highest BCUT2D eigenvalue weighted by atomic mass is 79.9. The predicted octanol–water partition coefficient (Wildman–Crippen LogP) is 5.39. The Kier molecular flexibility index (Phi) is 4.55. The summed E-state index contributed by atoms with van der Waals surface area (Å²) in [5, 5.41) is 0. The van der Waals surface area contributed by atoms with Crippen molar-refractivity contribution in [2.45, 2.75) is 50.2 Å². The maximum atomic E-state index is 13.1. The van der Waals surface area contributed by atoms with Crippen molar-refractivity contribution in [3.63, 3.8) is 0 Å². The van der Waals surface area contributed by atoms with Gasteiger partial charge in [-0.15, -0.1) is 0 Å². The molecule has 2 nitrogen and oxygen atoms in total. The first kappa shape index (κ1) is 16.0.